The highest BCUT2D eigenvalue weighted by atomic mass is 35.5. The fourth-order valence-electron chi connectivity index (χ4n) is 3.30. The van der Waals surface area contributed by atoms with Crippen LogP contribution in [-0.4, -0.2) is 45.7 Å². The number of ether oxygens (including phenoxy) is 1. The van der Waals surface area contributed by atoms with Crippen LogP contribution >= 0.6 is 12.4 Å². The van der Waals surface area contributed by atoms with Crippen LogP contribution in [-0.2, 0) is 20.0 Å². The van der Waals surface area contributed by atoms with Gasteiger partial charge in [0.2, 0.25) is 5.88 Å². The average molecular weight is 383 g/mol. The van der Waals surface area contributed by atoms with Crippen molar-refractivity contribution in [1.29, 1.82) is 0 Å². The summed E-state index contributed by atoms with van der Waals surface area (Å²) in [4.78, 5) is 12.4. The molecule has 3 rings (SSSR count). The maximum absolute atomic E-state index is 12.4. The molecule has 144 valence electrons. The van der Waals surface area contributed by atoms with Crippen molar-refractivity contribution in [3.8, 4) is 5.88 Å². The van der Waals surface area contributed by atoms with Crippen LogP contribution in [0.4, 0.5) is 0 Å². The lowest BCUT2D eigenvalue weighted by Crippen LogP contribution is -2.32. The molecule has 2 aromatic heterocycles. The van der Waals surface area contributed by atoms with Gasteiger partial charge in [0.1, 0.15) is 5.69 Å². The minimum Gasteiger partial charge on any atom is -0.481 e. The molecule has 2 N–H and O–H groups in total. The molecule has 9 heteroatoms. The number of nitrogens with one attached hydrogen (secondary N) is 2. The Balaban J connectivity index is 0.00000243. The van der Waals surface area contributed by atoms with Gasteiger partial charge in [-0.25, -0.2) is 4.68 Å². The lowest BCUT2D eigenvalue weighted by Gasteiger charge is -2.22. The van der Waals surface area contributed by atoms with Gasteiger partial charge in [-0.1, -0.05) is 6.92 Å². The summed E-state index contributed by atoms with van der Waals surface area (Å²) in [5, 5.41) is 15.2. The average Bonchev–Trinajstić information content (AvgIpc) is 3.24. The van der Waals surface area contributed by atoms with Gasteiger partial charge in [0, 0.05) is 19.8 Å². The Bertz CT molecular complexity index is 736. The first-order chi connectivity index (χ1) is 12.1. The van der Waals surface area contributed by atoms with Crippen molar-refractivity contribution in [2.45, 2.75) is 38.8 Å². The number of nitrogens with zero attached hydrogens (tertiary/aromatic N) is 4. The van der Waals surface area contributed by atoms with Crippen molar-refractivity contribution in [2.24, 2.45) is 7.05 Å². The Kier molecular flexibility index (Phi) is 7.05. The van der Waals surface area contributed by atoms with Gasteiger partial charge < -0.3 is 15.4 Å². The van der Waals surface area contributed by atoms with Crippen LogP contribution in [0.5, 0.6) is 5.88 Å². The molecule has 8 nitrogen and oxygen atoms in total. The van der Waals surface area contributed by atoms with Crippen molar-refractivity contribution >= 4 is 18.3 Å². The Morgan fingerprint density at radius 1 is 1.46 bits per heavy atom. The third kappa shape index (κ3) is 4.19. The van der Waals surface area contributed by atoms with E-state index < -0.39 is 0 Å². The molecule has 1 fully saturated rings. The summed E-state index contributed by atoms with van der Waals surface area (Å²) >= 11 is 0. The van der Waals surface area contributed by atoms with Crippen molar-refractivity contribution in [3.63, 3.8) is 0 Å². The van der Waals surface area contributed by atoms with Crippen LogP contribution in [0.15, 0.2) is 12.3 Å². The number of carbonyl (C=O) groups excluding carboxylic acids is 1. The van der Waals surface area contributed by atoms with Gasteiger partial charge in [-0.2, -0.15) is 10.2 Å². The van der Waals surface area contributed by atoms with Gasteiger partial charge in [-0.15, -0.1) is 12.4 Å². The lowest BCUT2D eigenvalue weighted by atomic mass is 10.1. The van der Waals surface area contributed by atoms with Crippen LogP contribution in [0.25, 0.3) is 0 Å². The first-order valence-electron chi connectivity index (χ1n) is 8.76. The van der Waals surface area contributed by atoms with Crippen molar-refractivity contribution in [2.75, 3.05) is 20.2 Å². The maximum atomic E-state index is 12.4. The number of amides is 1. The maximum Gasteiger partial charge on any atom is 0.272 e. The molecule has 26 heavy (non-hydrogen) atoms. The summed E-state index contributed by atoms with van der Waals surface area (Å²) in [7, 11) is 3.45. The number of hydrogen-bond donors (Lipinski definition) is 2. The number of aromatic nitrogens is 4. The molecule has 1 unspecified atom stereocenters. The number of aryl methyl sites for hydroxylation is 2. The molecular weight excluding hydrogens is 356 g/mol. The molecule has 1 aliphatic rings. The minimum atomic E-state index is -0.185. The molecule has 0 spiro atoms. The molecule has 0 aromatic carbocycles. The molecule has 1 amide bonds. The first-order valence-corrected chi connectivity index (χ1v) is 8.76. The van der Waals surface area contributed by atoms with Gasteiger partial charge in [-0.3, -0.25) is 9.48 Å². The third-order valence-electron chi connectivity index (χ3n) is 4.61. The SMILES string of the molecule is CCc1nn(C)c(OC)c1CNC(=O)c1ccn(C2CCCNC2)n1.Cl. The van der Waals surface area contributed by atoms with Crippen molar-refractivity contribution in [1.82, 2.24) is 30.2 Å². The number of hydrogen-bond acceptors (Lipinski definition) is 5. The number of piperidine rings is 1. The Hall–Kier alpha value is -2.06. The second kappa shape index (κ2) is 9.05. The number of carbonyl (C=O) groups is 1. The summed E-state index contributed by atoms with van der Waals surface area (Å²) in [6.45, 7) is 4.36. The molecule has 2 aromatic rings. The highest BCUT2D eigenvalue weighted by Gasteiger charge is 2.19. The molecule has 1 atom stereocenters. The normalized spacial score (nSPS) is 16.8. The van der Waals surface area contributed by atoms with E-state index in [0.717, 1.165) is 43.6 Å². The zero-order valence-electron chi connectivity index (χ0n) is 15.5. The zero-order valence-corrected chi connectivity index (χ0v) is 16.3. The van der Waals surface area contributed by atoms with E-state index in [9.17, 15) is 4.79 Å². The largest absolute Gasteiger partial charge is 0.481 e. The third-order valence-corrected chi connectivity index (χ3v) is 4.61. The first kappa shape index (κ1) is 20.3. The molecule has 3 heterocycles. The number of rotatable bonds is 6. The highest BCUT2D eigenvalue weighted by molar-refractivity contribution is 5.92. The van der Waals surface area contributed by atoms with Crippen LogP contribution in [0.3, 0.4) is 0 Å². The predicted molar refractivity (Wildman–Crippen MR) is 101 cm³/mol. The van der Waals surface area contributed by atoms with E-state index in [2.05, 4.69) is 20.8 Å². The minimum absolute atomic E-state index is 0. The van der Waals surface area contributed by atoms with Gasteiger partial charge in [0.05, 0.1) is 31.0 Å². The second-order valence-corrected chi connectivity index (χ2v) is 6.28. The fraction of sp³-hybridized carbons (Fsp3) is 0.588. The molecule has 0 bridgehead atoms. The summed E-state index contributed by atoms with van der Waals surface area (Å²) in [6.07, 6.45) is 4.88. The molecule has 0 saturated carbocycles. The van der Waals surface area contributed by atoms with E-state index in [-0.39, 0.29) is 18.3 Å². The fourth-order valence-corrected chi connectivity index (χ4v) is 3.30. The van der Waals surface area contributed by atoms with Crippen LogP contribution < -0.4 is 15.4 Å². The van der Waals surface area contributed by atoms with E-state index in [1.54, 1.807) is 17.9 Å². The summed E-state index contributed by atoms with van der Waals surface area (Å²) in [6, 6.07) is 2.09. The molecule has 0 radical (unpaired) electrons. The monoisotopic (exact) mass is 382 g/mol. The van der Waals surface area contributed by atoms with Gasteiger partial charge in [0.15, 0.2) is 0 Å². The van der Waals surface area contributed by atoms with Gasteiger partial charge in [-0.05, 0) is 31.9 Å². The second-order valence-electron chi connectivity index (χ2n) is 6.28. The summed E-state index contributed by atoms with van der Waals surface area (Å²) in [5.41, 5.74) is 2.28. The van der Waals surface area contributed by atoms with Crippen LogP contribution in [0, 0.1) is 0 Å². The number of halogens is 1. The Morgan fingerprint density at radius 3 is 2.92 bits per heavy atom. The standard InChI is InChI=1S/C17H26N6O2.ClH/c1-4-14-13(17(25-3)22(2)20-14)11-19-16(24)15-7-9-23(21-15)12-6-5-8-18-10-12;/h7,9,12,18H,4-6,8,10-11H2,1-3H3,(H,19,24);1H. The predicted octanol–water partition coefficient (Wildman–Crippen LogP) is 1.46. The van der Waals surface area contributed by atoms with Crippen LogP contribution in [0.1, 0.15) is 47.6 Å². The van der Waals surface area contributed by atoms with Gasteiger partial charge in [0.25, 0.3) is 5.91 Å². The quantitative estimate of drug-likeness (QED) is 0.790. The lowest BCUT2D eigenvalue weighted by molar-refractivity contribution is 0.0944. The molecular formula is C17H27ClN6O2. The van der Waals surface area contributed by atoms with E-state index in [1.165, 1.54) is 0 Å². The smallest absolute Gasteiger partial charge is 0.272 e. The molecule has 1 saturated heterocycles. The van der Waals surface area contributed by atoms with Crippen molar-refractivity contribution < 1.29 is 9.53 Å². The Labute approximate surface area is 159 Å². The van der Waals surface area contributed by atoms with E-state index in [4.69, 9.17) is 4.74 Å². The van der Waals surface area contributed by atoms with Crippen LogP contribution in [0.2, 0.25) is 0 Å². The zero-order chi connectivity index (χ0) is 17.8. The van der Waals surface area contributed by atoms with E-state index in [0.29, 0.717) is 24.2 Å². The summed E-state index contributed by atoms with van der Waals surface area (Å²) < 4.78 is 8.99. The van der Waals surface area contributed by atoms with Gasteiger partial charge >= 0.3 is 0 Å². The topological polar surface area (TPSA) is 86.0 Å². The highest BCUT2D eigenvalue weighted by Crippen LogP contribution is 2.22. The number of methoxy groups -OCH3 is 1. The molecule has 0 aliphatic carbocycles. The van der Waals surface area contributed by atoms with E-state index >= 15 is 0 Å². The molecule has 1 aliphatic heterocycles. The Morgan fingerprint density at radius 2 is 2.27 bits per heavy atom. The van der Waals surface area contributed by atoms with Crippen molar-refractivity contribution in [3.05, 3.63) is 29.2 Å². The van der Waals surface area contributed by atoms with E-state index in [1.807, 2.05) is 24.9 Å². The summed E-state index contributed by atoms with van der Waals surface area (Å²) in [5.74, 6) is 0.492.